The third kappa shape index (κ3) is 5.69. The summed E-state index contributed by atoms with van der Waals surface area (Å²) in [7, 11) is 0. The van der Waals surface area contributed by atoms with Crippen molar-refractivity contribution in [3.8, 4) is 0 Å². The van der Waals surface area contributed by atoms with Gasteiger partial charge in [0.25, 0.3) is 0 Å². The summed E-state index contributed by atoms with van der Waals surface area (Å²) in [6.45, 7) is 9.04. The monoisotopic (exact) mass is 348 g/mol. The van der Waals surface area contributed by atoms with Gasteiger partial charge in [-0.15, -0.1) is 10.2 Å². The lowest BCUT2D eigenvalue weighted by atomic mass is 10.3. The number of nitrogens with one attached hydrogen (secondary N) is 1. The van der Waals surface area contributed by atoms with E-state index in [0.29, 0.717) is 18.8 Å². The van der Waals surface area contributed by atoms with Crippen molar-refractivity contribution in [3.63, 3.8) is 0 Å². The third-order valence-electron chi connectivity index (χ3n) is 2.95. The van der Waals surface area contributed by atoms with Gasteiger partial charge in [-0.05, 0) is 26.0 Å². The Morgan fingerprint density at radius 2 is 2.09 bits per heavy atom. The second-order valence-electron chi connectivity index (χ2n) is 5.02. The van der Waals surface area contributed by atoms with E-state index in [1.165, 1.54) is 23.1 Å². The van der Waals surface area contributed by atoms with Crippen LogP contribution >= 0.6 is 23.1 Å². The molecule has 0 bridgehead atoms. The standard InChI is InChI=1S/C16H20N4OS2/c1-4-20(10-12(2)3)14(21)11-22-16-19-18-15(23-16)17-13-8-6-5-7-9-13/h5-9H,2,4,10-11H2,1,3H3,(H,17,18). The van der Waals surface area contributed by atoms with Gasteiger partial charge in [-0.3, -0.25) is 4.79 Å². The van der Waals surface area contributed by atoms with Crippen molar-refractivity contribution in [2.45, 2.75) is 18.2 Å². The number of para-hydroxylation sites is 1. The lowest BCUT2D eigenvalue weighted by Crippen LogP contribution is -2.33. The number of rotatable bonds is 8. The Bertz CT molecular complexity index is 657. The minimum atomic E-state index is 0.0910. The van der Waals surface area contributed by atoms with E-state index in [0.717, 1.165) is 20.7 Å². The summed E-state index contributed by atoms with van der Waals surface area (Å²) in [5.74, 6) is 0.453. The molecule has 0 aliphatic carbocycles. The Morgan fingerprint density at radius 1 is 1.35 bits per heavy atom. The highest BCUT2D eigenvalue weighted by atomic mass is 32.2. The maximum atomic E-state index is 12.2. The molecule has 1 aromatic carbocycles. The van der Waals surface area contributed by atoms with Gasteiger partial charge in [-0.2, -0.15) is 0 Å². The Kier molecular flexibility index (Phi) is 6.61. The van der Waals surface area contributed by atoms with Crippen LogP contribution in [0.15, 0.2) is 46.8 Å². The number of benzene rings is 1. The van der Waals surface area contributed by atoms with Crippen LogP contribution in [0.25, 0.3) is 0 Å². The molecule has 0 saturated carbocycles. The number of nitrogens with zero attached hydrogens (tertiary/aromatic N) is 3. The number of thioether (sulfide) groups is 1. The molecule has 2 rings (SSSR count). The van der Waals surface area contributed by atoms with Crippen molar-refractivity contribution >= 4 is 39.8 Å². The minimum absolute atomic E-state index is 0.0910. The van der Waals surface area contributed by atoms with Crippen molar-refractivity contribution in [1.82, 2.24) is 15.1 Å². The van der Waals surface area contributed by atoms with Crippen LogP contribution in [-0.4, -0.2) is 39.8 Å². The number of amides is 1. The van der Waals surface area contributed by atoms with Gasteiger partial charge in [0.2, 0.25) is 11.0 Å². The Balaban J connectivity index is 1.87. The normalized spacial score (nSPS) is 10.3. The van der Waals surface area contributed by atoms with Gasteiger partial charge >= 0.3 is 0 Å². The molecule has 1 aromatic heterocycles. The summed E-state index contributed by atoms with van der Waals surface area (Å²) >= 11 is 2.86. The summed E-state index contributed by atoms with van der Waals surface area (Å²) in [4.78, 5) is 14.0. The van der Waals surface area contributed by atoms with E-state index in [1.54, 1.807) is 4.90 Å². The molecule has 0 unspecified atom stereocenters. The molecule has 5 nitrogen and oxygen atoms in total. The zero-order valence-electron chi connectivity index (χ0n) is 13.3. The molecule has 122 valence electrons. The maximum Gasteiger partial charge on any atom is 0.233 e. The van der Waals surface area contributed by atoms with Crippen molar-refractivity contribution < 1.29 is 4.79 Å². The summed E-state index contributed by atoms with van der Waals surface area (Å²) in [6.07, 6.45) is 0. The molecule has 23 heavy (non-hydrogen) atoms. The molecule has 0 aliphatic rings. The fourth-order valence-corrected chi connectivity index (χ4v) is 3.56. The SMILES string of the molecule is C=C(C)CN(CC)C(=O)CSc1nnc(Nc2ccccc2)s1. The molecule has 1 amide bonds. The predicted molar refractivity (Wildman–Crippen MR) is 97.4 cm³/mol. The molecule has 1 N–H and O–H groups in total. The molecular weight excluding hydrogens is 328 g/mol. The van der Waals surface area contributed by atoms with Crippen LogP contribution in [0.2, 0.25) is 0 Å². The number of aromatic nitrogens is 2. The van der Waals surface area contributed by atoms with E-state index in [-0.39, 0.29) is 5.91 Å². The first-order valence-electron chi connectivity index (χ1n) is 7.29. The van der Waals surface area contributed by atoms with Crippen LogP contribution in [0, 0.1) is 0 Å². The lowest BCUT2D eigenvalue weighted by Gasteiger charge is -2.20. The van der Waals surface area contributed by atoms with Crippen LogP contribution in [0.3, 0.4) is 0 Å². The van der Waals surface area contributed by atoms with E-state index in [2.05, 4.69) is 22.1 Å². The molecular formula is C16H20N4OS2. The van der Waals surface area contributed by atoms with E-state index >= 15 is 0 Å². The first-order chi connectivity index (χ1) is 11.1. The number of carbonyl (C=O) groups excluding carboxylic acids is 1. The molecule has 7 heteroatoms. The summed E-state index contributed by atoms with van der Waals surface area (Å²) in [6, 6.07) is 9.81. The van der Waals surface area contributed by atoms with Gasteiger partial charge in [0, 0.05) is 18.8 Å². The largest absolute Gasteiger partial charge is 0.338 e. The third-order valence-corrected chi connectivity index (χ3v) is 4.90. The van der Waals surface area contributed by atoms with E-state index in [9.17, 15) is 4.79 Å². The molecule has 0 aliphatic heterocycles. The first kappa shape index (κ1) is 17.5. The number of carbonyl (C=O) groups is 1. The van der Waals surface area contributed by atoms with Crippen LogP contribution < -0.4 is 5.32 Å². The molecule has 1 heterocycles. The number of hydrogen-bond donors (Lipinski definition) is 1. The van der Waals surface area contributed by atoms with Crippen molar-refractivity contribution in [2.75, 3.05) is 24.2 Å². The average Bonchev–Trinajstić information content (AvgIpc) is 2.98. The molecule has 0 saturated heterocycles. The fraction of sp³-hybridized carbons (Fsp3) is 0.312. The predicted octanol–water partition coefficient (Wildman–Crippen LogP) is 3.80. The highest BCUT2D eigenvalue weighted by Gasteiger charge is 2.14. The number of anilines is 2. The lowest BCUT2D eigenvalue weighted by molar-refractivity contribution is -0.127. The first-order valence-corrected chi connectivity index (χ1v) is 9.09. The zero-order chi connectivity index (χ0) is 16.7. The Labute approximate surface area is 144 Å². The van der Waals surface area contributed by atoms with Crippen LogP contribution in [-0.2, 0) is 4.79 Å². The molecule has 2 aromatic rings. The van der Waals surface area contributed by atoms with Crippen molar-refractivity contribution in [2.24, 2.45) is 0 Å². The smallest absolute Gasteiger partial charge is 0.233 e. The summed E-state index contributed by atoms with van der Waals surface area (Å²) in [5.41, 5.74) is 1.95. The number of likely N-dealkylation sites (N-methyl/N-ethyl adjacent to an activating group) is 1. The quantitative estimate of drug-likeness (QED) is 0.581. The average molecular weight is 348 g/mol. The highest BCUT2D eigenvalue weighted by Crippen LogP contribution is 2.27. The molecule has 0 atom stereocenters. The highest BCUT2D eigenvalue weighted by molar-refractivity contribution is 8.01. The van der Waals surface area contributed by atoms with Gasteiger partial charge < -0.3 is 10.2 Å². The zero-order valence-corrected chi connectivity index (χ0v) is 14.9. The van der Waals surface area contributed by atoms with Crippen molar-refractivity contribution in [3.05, 3.63) is 42.5 Å². The van der Waals surface area contributed by atoms with Crippen LogP contribution in [0.1, 0.15) is 13.8 Å². The van der Waals surface area contributed by atoms with Gasteiger partial charge in [-0.25, -0.2) is 0 Å². The van der Waals surface area contributed by atoms with Gasteiger partial charge in [0.15, 0.2) is 4.34 Å². The van der Waals surface area contributed by atoms with E-state index in [4.69, 9.17) is 0 Å². The van der Waals surface area contributed by atoms with Gasteiger partial charge in [0.1, 0.15) is 0 Å². The Hall–Kier alpha value is -1.86. The van der Waals surface area contributed by atoms with Crippen LogP contribution in [0.5, 0.6) is 0 Å². The number of hydrogen-bond acceptors (Lipinski definition) is 6. The molecule has 0 radical (unpaired) electrons. The van der Waals surface area contributed by atoms with Gasteiger partial charge in [-0.1, -0.05) is 53.4 Å². The summed E-state index contributed by atoms with van der Waals surface area (Å²) in [5, 5.41) is 12.1. The van der Waals surface area contributed by atoms with Gasteiger partial charge in [0.05, 0.1) is 5.75 Å². The fourth-order valence-electron chi connectivity index (χ4n) is 1.88. The van der Waals surface area contributed by atoms with Crippen molar-refractivity contribution in [1.29, 1.82) is 0 Å². The minimum Gasteiger partial charge on any atom is -0.338 e. The topological polar surface area (TPSA) is 58.1 Å². The van der Waals surface area contributed by atoms with E-state index < -0.39 is 0 Å². The summed E-state index contributed by atoms with van der Waals surface area (Å²) < 4.78 is 0.781. The van der Waals surface area contributed by atoms with Crippen LogP contribution in [0.4, 0.5) is 10.8 Å². The Morgan fingerprint density at radius 3 is 2.74 bits per heavy atom. The molecule has 0 spiro atoms. The second kappa shape index (κ2) is 8.69. The maximum absolute atomic E-state index is 12.2. The second-order valence-corrected chi connectivity index (χ2v) is 7.22. The van der Waals surface area contributed by atoms with E-state index in [1.807, 2.05) is 44.2 Å². The molecule has 0 fully saturated rings.